The molecular weight excluding hydrogens is 1060 g/mol. The van der Waals surface area contributed by atoms with E-state index in [1.165, 1.54) is 46.5 Å². The Balaban J connectivity index is 0.000000175. The fraction of sp³-hybridized carbons (Fsp3) is 0.206. The van der Waals surface area contributed by atoms with E-state index >= 15 is 0 Å². The number of aromatic nitrogens is 4. The smallest absolute Gasteiger partial charge is 0.269 e. The molecule has 6 aromatic carbocycles. The minimum absolute atomic E-state index is 0.0285. The second kappa shape index (κ2) is 26.3. The third-order valence-corrected chi connectivity index (χ3v) is 14.8. The Morgan fingerprint density at radius 1 is 0.524 bits per heavy atom. The average Bonchev–Trinajstić information content (AvgIpc) is 4.40. The zero-order valence-corrected chi connectivity index (χ0v) is 46.6. The van der Waals surface area contributed by atoms with E-state index < -0.39 is 9.85 Å². The van der Waals surface area contributed by atoms with Gasteiger partial charge in [0.25, 0.3) is 11.4 Å². The molecule has 8 aromatic rings. The van der Waals surface area contributed by atoms with Crippen LogP contribution in [0.4, 0.5) is 11.4 Å². The summed E-state index contributed by atoms with van der Waals surface area (Å²) in [7, 11) is 3.27. The van der Waals surface area contributed by atoms with Crippen molar-refractivity contribution in [1.82, 2.24) is 19.6 Å². The van der Waals surface area contributed by atoms with Gasteiger partial charge >= 0.3 is 0 Å². The highest BCUT2D eigenvalue weighted by Gasteiger charge is 2.19. The van der Waals surface area contributed by atoms with Gasteiger partial charge in [0.2, 0.25) is 0 Å². The maximum Gasteiger partial charge on any atom is 0.269 e. The Morgan fingerprint density at radius 3 is 1.40 bits per heavy atom. The number of non-ortho nitro benzene ring substituents is 2. The quantitative estimate of drug-likeness (QED) is 0.0522. The molecule has 0 radical (unpaired) electrons. The molecule has 16 nitrogen and oxygen atoms in total. The largest absolute Gasteiger partial charge is 0.496 e. The van der Waals surface area contributed by atoms with Crippen LogP contribution >= 0.6 is 0 Å². The van der Waals surface area contributed by atoms with Crippen molar-refractivity contribution in [3.05, 3.63) is 233 Å². The van der Waals surface area contributed by atoms with Crippen LogP contribution in [0.5, 0.6) is 23.0 Å². The lowest BCUT2D eigenvalue weighted by molar-refractivity contribution is -0.385. The van der Waals surface area contributed by atoms with Crippen LogP contribution in [-0.2, 0) is 22.3 Å². The van der Waals surface area contributed by atoms with Gasteiger partial charge in [-0.25, -0.2) is 9.36 Å². The van der Waals surface area contributed by atoms with Crippen molar-refractivity contribution >= 4 is 72.1 Å². The molecule has 424 valence electrons. The molecule has 2 aromatic heterocycles. The van der Waals surface area contributed by atoms with Crippen molar-refractivity contribution in [1.29, 1.82) is 0 Å². The lowest BCUT2D eigenvalue weighted by Gasteiger charge is -2.13. The van der Waals surface area contributed by atoms with Crippen molar-refractivity contribution in [2.75, 3.05) is 40.6 Å². The van der Waals surface area contributed by atoms with Gasteiger partial charge in [-0.1, -0.05) is 72.9 Å². The van der Waals surface area contributed by atoms with E-state index in [0.717, 1.165) is 114 Å². The fourth-order valence-corrected chi connectivity index (χ4v) is 10.3. The number of nitro groups is 2. The lowest BCUT2D eigenvalue weighted by atomic mass is 10.1. The third-order valence-electron chi connectivity index (χ3n) is 14.8. The number of allylic oxidation sites excluding steroid dienone is 2. The summed E-state index contributed by atoms with van der Waals surface area (Å²) in [4.78, 5) is 21.6. The van der Waals surface area contributed by atoms with E-state index in [0.29, 0.717) is 30.4 Å². The lowest BCUT2D eigenvalue weighted by Crippen LogP contribution is -2.16. The summed E-state index contributed by atoms with van der Waals surface area (Å²) in [5.41, 5.74) is 13.7. The monoisotopic (exact) mass is 1120 g/mol. The topological polar surface area (TPSA) is 177 Å². The van der Waals surface area contributed by atoms with Crippen LogP contribution < -0.4 is 18.9 Å². The van der Waals surface area contributed by atoms with E-state index in [9.17, 15) is 20.2 Å². The number of rotatable bonds is 20. The van der Waals surface area contributed by atoms with Gasteiger partial charge in [0.05, 0.1) is 70.4 Å². The third kappa shape index (κ3) is 13.9. The van der Waals surface area contributed by atoms with Gasteiger partial charge in [0.1, 0.15) is 36.2 Å². The maximum atomic E-state index is 11.2. The van der Waals surface area contributed by atoms with Gasteiger partial charge in [0.15, 0.2) is 0 Å². The number of nitro benzene ring substituents is 2. The van der Waals surface area contributed by atoms with E-state index in [1.54, 1.807) is 47.8 Å². The standard InChI is InChI=1S/2C34H31N3O5/c1-40-34-22-32(42-23-33-6-3-19-41-33)18-11-26(34)10-12-28-21-31(13-8-24-7-9-25-4-2-5-27(25)20-24)36(35-28)29-14-16-30(17-15-29)37(38)39;1-40-34-22-32(42-23-33-6-3-19-41-33)18-11-26(34)10-13-31-21-28(12-8-24-7-9-25-4-2-5-27(25)20-24)35-36(31)29-14-16-30(17-15-29)37(38)39/h2*2,4,7-18,20-22,33H,3,5-6,19,23H2,1H3/b12-10+,13-8+;12-8+,13-10+. The molecule has 0 bridgehead atoms. The number of methoxy groups -OCH3 is 2. The second-order valence-electron chi connectivity index (χ2n) is 20.5. The van der Waals surface area contributed by atoms with Gasteiger partial charge in [-0.2, -0.15) is 10.2 Å². The zero-order chi connectivity index (χ0) is 57.8. The molecule has 4 aliphatic rings. The molecule has 2 aliphatic carbocycles. The molecule has 0 N–H and O–H groups in total. The van der Waals surface area contributed by atoms with Gasteiger partial charge in [-0.3, -0.25) is 20.2 Å². The molecule has 0 saturated carbocycles. The summed E-state index contributed by atoms with van der Waals surface area (Å²) in [6, 6.07) is 41.1. The first kappa shape index (κ1) is 56.0. The molecular formula is C68H62N6O10. The average molecular weight is 1120 g/mol. The number of nitrogens with zero attached hydrogens (tertiary/aromatic N) is 6. The van der Waals surface area contributed by atoms with Gasteiger partial charge in [0, 0.05) is 60.7 Å². The Labute approximate surface area is 486 Å². The van der Waals surface area contributed by atoms with E-state index in [2.05, 4.69) is 66.8 Å². The fourth-order valence-electron chi connectivity index (χ4n) is 10.3. The van der Waals surface area contributed by atoms with Crippen LogP contribution in [-0.4, -0.2) is 82.3 Å². The molecule has 16 heteroatoms. The molecule has 12 rings (SSSR count). The highest BCUT2D eigenvalue weighted by atomic mass is 16.6. The molecule has 2 unspecified atom stereocenters. The molecule has 84 heavy (non-hydrogen) atoms. The second-order valence-corrected chi connectivity index (χ2v) is 20.5. The number of benzene rings is 6. The van der Waals surface area contributed by atoms with Crippen molar-refractivity contribution in [2.24, 2.45) is 0 Å². The molecule has 4 heterocycles. The Kier molecular flexibility index (Phi) is 17.6. The molecule has 0 amide bonds. The van der Waals surface area contributed by atoms with E-state index in [1.807, 2.05) is 91.1 Å². The van der Waals surface area contributed by atoms with Crippen LogP contribution in [0, 0.1) is 20.2 Å². The summed E-state index contributed by atoms with van der Waals surface area (Å²) < 4.78 is 38.0. The Bertz CT molecular complexity index is 3860. The summed E-state index contributed by atoms with van der Waals surface area (Å²) in [5.74, 6) is 2.84. The van der Waals surface area contributed by atoms with Crippen molar-refractivity contribution in [3.63, 3.8) is 0 Å². The summed E-state index contributed by atoms with van der Waals surface area (Å²) in [5, 5.41) is 32.0. The summed E-state index contributed by atoms with van der Waals surface area (Å²) in [6.07, 6.45) is 30.9. The number of hydrogen-bond acceptors (Lipinski definition) is 12. The van der Waals surface area contributed by atoms with Crippen LogP contribution in [0.2, 0.25) is 0 Å². The zero-order valence-electron chi connectivity index (χ0n) is 46.6. The number of ether oxygens (including phenoxy) is 6. The SMILES string of the molecule is COc1cc(OCC2CCCO2)ccc1/C=C/c1cc(/C=C/c2ccc3c(c2)CC=C3)n(-c2ccc([N+](=O)[O-])cc2)n1.COc1cc(OCC2CCCO2)ccc1/C=C/c1cc(/C=C/c2ccc3c(c2)CC=C3)nn1-c1ccc([N+](=O)[O-])cc1. The minimum atomic E-state index is -0.408. The highest BCUT2D eigenvalue weighted by Crippen LogP contribution is 2.31. The molecule has 2 saturated heterocycles. The van der Waals surface area contributed by atoms with Crippen molar-refractivity contribution < 1.29 is 38.3 Å². The highest BCUT2D eigenvalue weighted by molar-refractivity contribution is 5.78. The first-order chi connectivity index (χ1) is 41.1. The Morgan fingerprint density at radius 2 is 0.964 bits per heavy atom. The first-order valence-electron chi connectivity index (χ1n) is 28.0. The maximum absolute atomic E-state index is 11.2. The van der Waals surface area contributed by atoms with Gasteiger partial charge < -0.3 is 28.4 Å². The van der Waals surface area contributed by atoms with Gasteiger partial charge in [-0.05, 0) is 169 Å². The molecule has 2 aliphatic heterocycles. The van der Waals surface area contributed by atoms with Crippen LogP contribution in [0.1, 0.15) is 93.0 Å². The minimum Gasteiger partial charge on any atom is -0.496 e. The molecule has 2 atom stereocenters. The summed E-state index contributed by atoms with van der Waals surface area (Å²) in [6.45, 7) is 2.63. The van der Waals surface area contributed by atoms with Crippen LogP contribution in [0.3, 0.4) is 0 Å². The predicted octanol–water partition coefficient (Wildman–Crippen LogP) is 14.5. The predicted molar refractivity (Wildman–Crippen MR) is 329 cm³/mol. The number of fused-ring (bicyclic) bond motifs is 2. The van der Waals surface area contributed by atoms with E-state index in [4.69, 9.17) is 38.6 Å². The van der Waals surface area contributed by atoms with Crippen molar-refractivity contribution in [2.45, 2.75) is 50.7 Å². The Hall–Kier alpha value is -9.90. The first-order valence-corrected chi connectivity index (χ1v) is 28.0. The summed E-state index contributed by atoms with van der Waals surface area (Å²) >= 11 is 0. The van der Waals surface area contributed by atoms with Crippen LogP contribution in [0.25, 0.3) is 72.1 Å². The van der Waals surface area contributed by atoms with Crippen LogP contribution in [0.15, 0.2) is 146 Å². The molecule has 0 spiro atoms. The van der Waals surface area contributed by atoms with Gasteiger partial charge in [-0.15, -0.1) is 0 Å². The molecule has 2 fully saturated rings. The van der Waals surface area contributed by atoms with Crippen molar-refractivity contribution in [3.8, 4) is 34.4 Å². The number of hydrogen-bond donors (Lipinski definition) is 0. The van der Waals surface area contributed by atoms with E-state index in [-0.39, 0.29) is 23.6 Å². The normalized spacial score (nSPS) is 16.0.